The monoisotopic (exact) mass is 385 g/mol. The zero-order valence-corrected chi connectivity index (χ0v) is 15.6. The highest BCUT2D eigenvalue weighted by atomic mass is 16.6. The van der Waals surface area contributed by atoms with Gasteiger partial charge in [-0.15, -0.1) is 0 Å². The predicted molar refractivity (Wildman–Crippen MR) is 99.3 cm³/mol. The summed E-state index contributed by atoms with van der Waals surface area (Å²) in [6.45, 7) is 5.24. The van der Waals surface area contributed by atoms with E-state index in [1.165, 1.54) is 12.1 Å². The Hall–Kier alpha value is -3.62. The lowest BCUT2D eigenvalue weighted by Gasteiger charge is -2.26. The van der Waals surface area contributed by atoms with E-state index in [1.54, 1.807) is 39.0 Å². The number of benzene rings is 1. The number of urea groups is 1. The van der Waals surface area contributed by atoms with Crippen LogP contribution in [0.3, 0.4) is 0 Å². The summed E-state index contributed by atoms with van der Waals surface area (Å²) in [7, 11) is 0. The van der Waals surface area contributed by atoms with E-state index in [-0.39, 0.29) is 17.9 Å². The number of nitrogens with one attached hydrogen (secondary N) is 2. The highest BCUT2D eigenvalue weighted by Crippen LogP contribution is 2.34. The van der Waals surface area contributed by atoms with Gasteiger partial charge in [0.05, 0.1) is 17.1 Å². The first-order valence-electron chi connectivity index (χ1n) is 8.62. The summed E-state index contributed by atoms with van der Waals surface area (Å²) in [6, 6.07) is 6.53. The fraction of sp³-hybridized carbons (Fsp3) is 0.263. The number of nitrogens with zero attached hydrogens (tertiary/aromatic N) is 1. The SMILES string of the molecule is CCOC(=O)C1=C(C)NC(=O)NC1c1ccc(-c2ccc([N+](=O)[O-])cc2C)o1. The van der Waals surface area contributed by atoms with Crippen LogP contribution in [0.2, 0.25) is 0 Å². The summed E-state index contributed by atoms with van der Waals surface area (Å²) in [5.74, 6) is 0.267. The number of non-ortho nitro benzene ring substituents is 1. The van der Waals surface area contributed by atoms with E-state index in [0.29, 0.717) is 28.3 Å². The second-order valence-electron chi connectivity index (χ2n) is 6.25. The Bertz CT molecular complexity index is 991. The van der Waals surface area contributed by atoms with Gasteiger partial charge in [-0.25, -0.2) is 9.59 Å². The van der Waals surface area contributed by atoms with E-state index in [0.717, 1.165) is 0 Å². The van der Waals surface area contributed by atoms with Crippen molar-refractivity contribution in [3.63, 3.8) is 0 Å². The Balaban J connectivity index is 1.98. The molecule has 1 atom stereocenters. The minimum absolute atomic E-state index is 0.0122. The number of carbonyl (C=O) groups excluding carboxylic acids is 2. The topological polar surface area (TPSA) is 124 Å². The molecule has 0 saturated carbocycles. The van der Waals surface area contributed by atoms with E-state index in [1.807, 2.05) is 0 Å². The number of nitro groups is 1. The number of furan rings is 1. The van der Waals surface area contributed by atoms with Crippen LogP contribution in [0.25, 0.3) is 11.3 Å². The van der Waals surface area contributed by atoms with Gasteiger partial charge in [0.15, 0.2) is 0 Å². The quantitative estimate of drug-likeness (QED) is 0.462. The summed E-state index contributed by atoms with van der Waals surface area (Å²) in [6.07, 6.45) is 0. The van der Waals surface area contributed by atoms with Gasteiger partial charge in [0.25, 0.3) is 5.69 Å². The molecule has 0 saturated heterocycles. The van der Waals surface area contributed by atoms with Crippen molar-refractivity contribution < 1.29 is 23.7 Å². The lowest BCUT2D eigenvalue weighted by Crippen LogP contribution is -2.45. The average molecular weight is 385 g/mol. The molecule has 9 nitrogen and oxygen atoms in total. The molecular formula is C19H19N3O6. The average Bonchev–Trinajstić information content (AvgIpc) is 3.10. The molecule has 0 fully saturated rings. The highest BCUT2D eigenvalue weighted by Gasteiger charge is 2.34. The maximum Gasteiger partial charge on any atom is 0.338 e. The Kier molecular flexibility index (Phi) is 5.16. The Morgan fingerprint density at radius 3 is 2.68 bits per heavy atom. The molecule has 2 aromatic rings. The van der Waals surface area contributed by atoms with Crippen molar-refractivity contribution in [2.45, 2.75) is 26.8 Å². The lowest BCUT2D eigenvalue weighted by atomic mass is 10.0. The molecule has 1 unspecified atom stereocenters. The van der Waals surface area contributed by atoms with E-state index >= 15 is 0 Å². The van der Waals surface area contributed by atoms with Gasteiger partial charge in [-0.05, 0) is 44.5 Å². The highest BCUT2D eigenvalue weighted by molar-refractivity contribution is 5.94. The lowest BCUT2D eigenvalue weighted by molar-refractivity contribution is -0.384. The maximum atomic E-state index is 12.4. The van der Waals surface area contributed by atoms with Crippen LogP contribution in [0.4, 0.5) is 10.5 Å². The predicted octanol–water partition coefficient (Wildman–Crippen LogP) is 3.35. The number of rotatable bonds is 5. The molecule has 0 aliphatic carbocycles. The van der Waals surface area contributed by atoms with Crippen LogP contribution >= 0.6 is 0 Å². The van der Waals surface area contributed by atoms with Crippen LogP contribution < -0.4 is 10.6 Å². The Morgan fingerprint density at radius 2 is 2.04 bits per heavy atom. The van der Waals surface area contributed by atoms with Crippen molar-refractivity contribution in [3.05, 3.63) is 63.0 Å². The Labute approximate surface area is 160 Å². The first-order chi connectivity index (χ1) is 13.3. The van der Waals surface area contributed by atoms with Gasteiger partial charge in [0.1, 0.15) is 17.6 Å². The van der Waals surface area contributed by atoms with Gasteiger partial charge in [-0.3, -0.25) is 10.1 Å². The molecule has 28 heavy (non-hydrogen) atoms. The molecule has 1 aromatic heterocycles. The van der Waals surface area contributed by atoms with Gasteiger partial charge in [0, 0.05) is 23.4 Å². The van der Waals surface area contributed by atoms with Gasteiger partial charge in [-0.2, -0.15) is 0 Å². The van der Waals surface area contributed by atoms with Crippen molar-refractivity contribution >= 4 is 17.7 Å². The summed E-state index contributed by atoms with van der Waals surface area (Å²) in [5, 5.41) is 16.1. The van der Waals surface area contributed by atoms with Crippen molar-refractivity contribution in [2.75, 3.05) is 6.61 Å². The van der Waals surface area contributed by atoms with Crippen LogP contribution in [0.5, 0.6) is 0 Å². The van der Waals surface area contributed by atoms with E-state index in [9.17, 15) is 19.7 Å². The van der Waals surface area contributed by atoms with Crippen LogP contribution in [0.15, 0.2) is 46.0 Å². The minimum atomic E-state index is -0.806. The largest absolute Gasteiger partial charge is 0.463 e. The molecule has 1 aromatic carbocycles. The van der Waals surface area contributed by atoms with Crippen LogP contribution in [0.1, 0.15) is 31.2 Å². The summed E-state index contributed by atoms with van der Waals surface area (Å²) >= 11 is 0. The van der Waals surface area contributed by atoms with Crippen molar-refractivity contribution in [1.29, 1.82) is 0 Å². The molecule has 2 heterocycles. The number of amides is 2. The summed E-state index contributed by atoms with van der Waals surface area (Å²) in [4.78, 5) is 34.7. The molecule has 0 bridgehead atoms. The Morgan fingerprint density at radius 1 is 1.29 bits per heavy atom. The first-order valence-corrected chi connectivity index (χ1v) is 8.62. The van der Waals surface area contributed by atoms with Gasteiger partial charge in [0.2, 0.25) is 0 Å². The molecule has 2 N–H and O–H groups in total. The number of allylic oxidation sites excluding steroid dienone is 1. The summed E-state index contributed by atoms with van der Waals surface area (Å²) < 4.78 is 11.0. The number of hydrogen-bond acceptors (Lipinski definition) is 6. The molecule has 9 heteroatoms. The minimum Gasteiger partial charge on any atom is -0.463 e. The second-order valence-corrected chi connectivity index (χ2v) is 6.25. The molecule has 2 amide bonds. The molecule has 0 spiro atoms. The van der Waals surface area contributed by atoms with E-state index in [4.69, 9.17) is 9.15 Å². The van der Waals surface area contributed by atoms with E-state index < -0.39 is 23.0 Å². The van der Waals surface area contributed by atoms with Crippen molar-refractivity contribution in [2.24, 2.45) is 0 Å². The number of hydrogen-bond donors (Lipinski definition) is 2. The molecule has 1 aliphatic rings. The number of aryl methyl sites for hydroxylation is 1. The van der Waals surface area contributed by atoms with Crippen molar-refractivity contribution in [1.82, 2.24) is 10.6 Å². The number of nitro benzene ring substituents is 1. The zero-order chi connectivity index (χ0) is 20.4. The van der Waals surface area contributed by atoms with Crippen LogP contribution in [-0.2, 0) is 9.53 Å². The van der Waals surface area contributed by atoms with Crippen LogP contribution in [-0.4, -0.2) is 23.5 Å². The summed E-state index contributed by atoms with van der Waals surface area (Å²) in [5.41, 5.74) is 1.97. The standard InChI is InChI=1S/C19H19N3O6/c1-4-27-18(23)16-11(3)20-19(24)21-17(16)15-8-7-14(28-15)13-6-5-12(22(25)26)9-10(13)2/h5-9,17H,4H2,1-3H3,(H2,20,21,24). The molecule has 0 radical (unpaired) electrons. The molecule has 146 valence electrons. The normalized spacial score (nSPS) is 16.4. The van der Waals surface area contributed by atoms with Gasteiger partial charge < -0.3 is 19.8 Å². The second kappa shape index (κ2) is 7.55. The van der Waals surface area contributed by atoms with Gasteiger partial charge in [-0.1, -0.05) is 0 Å². The van der Waals surface area contributed by atoms with Crippen molar-refractivity contribution in [3.8, 4) is 11.3 Å². The van der Waals surface area contributed by atoms with Crippen LogP contribution in [0, 0.1) is 17.0 Å². The first kappa shape index (κ1) is 19.2. The fourth-order valence-electron chi connectivity index (χ4n) is 3.08. The third kappa shape index (κ3) is 3.59. The third-order valence-corrected chi connectivity index (χ3v) is 4.36. The third-order valence-electron chi connectivity index (χ3n) is 4.36. The maximum absolute atomic E-state index is 12.4. The molecular weight excluding hydrogens is 366 g/mol. The number of esters is 1. The number of carbonyl (C=O) groups is 2. The number of ether oxygens (including phenoxy) is 1. The van der Waals surface area contributed by atoms with Gasteiger partial charge >= 0.3 is 12.0 Å². The molecule has 3 rings (SSSR count). The molecule has 1 aliphatic heterocycles. The smallest absolute Gasteiger partial charge is 0.338 e. The van der Waals surface area contributed by atoms with E-state index in [2.05, 4.69) is 10.6 Å². The zero-order valence-electron chi connectivity index (χ0n) is 15.6. The fourth-order valence-corrected chi connectivity index (χ4v) is 3.08.